The highest BCUT2D eigenvalue weighted by molar-refractivity contribution is 7.11. The van der Waals surface area contributed by atoms with Crippen LogP contribution in [0.5, 0.6) is 0 Å². The van der Waals surface area contributed by atoms with Crippen LogP contribution in [0.15, 0.2) is 18.7 Å². The van der Waals surface area contributed by atoms with Gasteiger partial charge in [0.15, 0.2) is 5.65 Å². The Morgan fingerprint density at radius 3 is 2.84 bits per heavy atom. The Balaban J connectivity index is 1.95. The van der Waals surface area contributed by atoms with Crippen molar-refractivity contribution in [1.29, 1.82) is 0 Å². The summed E-state index contributed by atoms with van der Waals surface area (Å²) in [7, 11) is 3.90. The standard InChI is InChI=1S/C12H14N6S/c1-8-13-4-9(19-8)6-17(2)11-10-5-16-18(3)12(10)15-7-14-11/h4-5,7H,6H2,1-3H3. The van der Waals surface area contributed by atoms with E-state index in [0.29, 0.717) is 0 Å². The van der Waals surface area contributed by atoms with Crippen molar-refractivity contribution in [3.05, 3.63) is 28.6 Å². The van der Waals surface area contributed by atoms with Crippen molar-refractivity contribution < 1.29 is 0 Å². The number of aryl methyl sites for hydroxylation is 2. The number of hydrogen-bond acceptors (Lipinski definition) is 6. The highest BCUT2D eigenvalue weighted by Crippen LogP contribution is 2.23. The van der Waals surface area contributed by atoms with E-state index in [2.05, 4.69) is 25.0 Å². The molecule has 0 spiro atoms. The van der Waals surface area contributed by atoms with Gasteiger partial charge in [-0.2, -0.15) is 5.10 Å². The maximum atomic E-state index is 4.37. The highest BCUT2D eigenvalue weighted by Gasteiger charge is 2.12. The van der Waals surface area contributed by atoms with E-state index in [1.807, 2.05) is 27.2 Å². The molecule has 3 heterocycles. The molecule has 7 heteroatoms. The Labute approximate surface area is 114 Å². The van der Waals surface area contributed by atoms with Crippen LogP contribution in [0.1, 0.15) is 9.88 Å². The molecule has 3 rings (SSSR count). The summed E-state index contributed by atoms with van der Waals surface area (Å²) < 4.78 is 1.76. The Hall–Kier alpha value is -2.02. The molecule has 0 fully saturated rings. The van der Waals surface area contributed by atoms with E-state index in [4.69, 9.17) is 0 Å². The van der Waals surface area contributed by atoms with E-state index in [0.717, 1.165) is 28.4 Å². The molecule has 0 radical (unpaired) electrons. The number of thiazole rings is 1. The molecule has 3 aromatic rings. The Bertz CT molecular complexity index is 716. The Morgan fingerprint density at radius 1 is 1.26 bits per heavy atom. The van der Waals surface area contributed by atoms with E-state index >= 15 is 0 Å². The third-order valence-corrected chi connectivity index (χ3v) is 3.83. The first kappa shape index (κ1) is 12.0. The molecular formula is C12H14N6S. The SMILES string of the molecule is Cc1ncc(CN(C)c2ncnc3c2cnn3C)s1. The second-order valence-electron chi connectivity index (χ2n) is 4.40. The fraction of sp³-hybridized carbons (Fsp3) is 0.333. The van der Waals surface area contributed by atoms with Gasteiger partial charge < -0.3 is 4.90 Å². The van der Waals surface area contributed by atoms with Crippen molar-refractivity contribution in [3.8, 4) is 0 Å². The highest BCUT2D eigenvalue weighted by atomic mass is 32.1. The fourth-order valence-corrected chi connectivity index (χ4v) is 2.89. The third kappa shape index (κ3) is 2.17. The molecule has 0 bridgehead atoms. The molecule has 3 aromatic heterocycles. The van der Waals surface area contributed by atoms with E-state index in [9.17, 15) is 0 Å². The molecule has 0 saturated heterocycles. The van der Waals surface area contributed by atoms with Crippen molar-refractivity contribution in [2.24, 2.45) is 7.05 Å². The number of aromatic nitrogens is 5. The zero-order valence-corrected chi connectivity index (χ0v) is 11.8. The van der Waals surface area contributed by atoms with E-state index in [1.54, 1.807) is 28.5 Å². The average Bonchev–Trinajstić information content (AvgIpc) is 2.96. The maximum absolute atomic E-state index is 4.37. The minimum atomic E-state index is 0.784. The smallest absolute Gasteiger partial charge is 0.163 e. The van der Waals surface area contributed by atoms with Crippen LogP contribution in [-0.4, -0.2) is 31.8 Å². The Morgan fingerprint density at radius 2 is 2.11 bits per heavy atom. The van der Waals surface area contributed by atoms with Crippen LogP contribution in [-0.2, 0) is 13.6 Å². The van der Waals surface area contributed by atoms with Gasteiger partial charge in [-0.1, -0.05) is 0 Å². The molecule has 0 unspecified atom stereocenters. The molecule has 0 atom stereocenters. The van der Waals surface area contributed by atoms with Crippen LogP contribution in [0.2, 0.25) is 0 Å². The van der Waals surface area contributed by atoms with Crippen molar-refractivity contribution in [2.75, 3.05) is 11.9 Å². The van der Waals surface area contributed by atoms with E-state index < -0.39 is 0 Å². The molecule has 0 saturated carbocycles. The number of fused-ring (bicyclic) bond motifs is 1. The minimum Gasteiger partial charge on any atom is -0.354 e. The predicted molar refractivity (Wildman–Crippen MR) is 75.3 cm³/mol. The van der Waals surface area contributed by atoms with Crippen molar-refractivity contribution in [1.82, 2.24) is 24.7 Å². The predicted octanol–water partition coefficient (Wildman–Crippen LogP) is 1.76. The quantitative estimate of drug-likeness (QED) is 0.728. The molecule has 19 heavy (non-hydrogen) atoms. The van der Waals surface area contributed by atoms with Crippen LogP contribution in [0, 0.1) is 6.92 Å². The van der Waals surface area contributed by atoms with Gasteiger partial charge in [-0.15, -0.1) is 11.3 Å². The van der Waals surface area contributed by atoms with Gasteiger partial charge in [0.25, 0.3) is 0 Å². The van der Waals surface area contributed by atoms with Crippen molar-refractivity contribution >= 4 is 28.2 Å². The number of anilines is 1. The second kappa shape index (κ2) is 4.58. The van der Waals surface area contributed by atoms with Crippen LogP contribution in [0.4, 0.5) is 5.82 Å². The molecule has 0 aliphatic heterocycles. The first-order valence-corrected chi connectivity index (χ1v) is 6.72. The lowest BCUT2D eigenvalue weighted by Crippen LogP contribution is -2.17. The van der Waals surface area contributed by atoms with E-state index in [1.165, 1.54) is 4.88 Å². The summed E-state index contributed by atoms with van der Waals surface area (Å²) in [5, 5.41) is 6.28. The summed E-state index contributed by atoms with van der Waals surface area (Å²) in [5.74, 6) is 0.893. The summed E-state index contributed by atoms with van der Waals surface area (Å²) in [6, 6.07) is 0. The summed E-state index contributed by atoms with van der Waals surface area (Å²) in [6.45, 7) is 2.80. The van der Waals surface area contributed by atoms with Crippen molar-refractivity contribution in [3.63, 3.8) is 0 Å². The number of hydrogen-bond donors (Lipinski definition) is 0. The van der Waals surface area contributed by atoms with Crippen LogP contribution >= 0.6 is 11.3 Å². The minimum absolute atomic E-state index is 0.784. The van der Waals surface area contributed by atoms with E-state index in [-0.39, 0.29) is 0 Å². The summed E-state index contributed by atoms with van der Waals surface area (Å²) in [5.41, 5.74) is 0.845. The zero-order chi connectivity index (χ0) is 13.4. The summed E-state index contributed by atoms with van der Waals surface area (Å²) in [6.07, 6.45) is 5.30. The molecule has 98 valence electrons. The van der Waals surface area contributed by atoms with Gasteiger partial charge in [0.05, 0.1) is 23.1 Å². The Kier molecular flexibility index (Phi) is 2.90. The van der Waals surface area contributed by atoms with Gasteiger partial charge in [0, 0.05) is 25.2 Å². The lowest BCUT2D eigenvalue weighted by Gasteiger charge is -2.17. The van der Waals surface area contributed by atoms with Gasteiger partial charge in [0.2, 0.25) is 0 Å². The first-order chi connectivity index (χ1) is 9.15. The lowest BCUT2D eigenvalue weighted by atomic mass is 10.3. The van der Waals surface area contributed by atoms with Gasteiger partial charge in [-0.3, -0.25) is 4.68 Å². The van der Waals surface area contributed by atoms with Gasteiger partial charge >= 0.3 is 0 Å². The zero-order valence-electron chi connectivity index (χ0n) is 11.0. The topological polar surface area (TPSA) is 59.7 Å². The third-order valence-electron chi connectivity index (χ3n) is 2.93. The maximum Gasteiger partial charge on any atom is 0.163 e. The monoisotopic (exact) mass is 274 g/mol. The van der Waals surface area contributed by atoms with Crippen LogP contribution < -0.4 is 4.90 Å². The molecule has 0 aromatic carbocycles. The number of nitrogens with zero attached hydrogens (tertiary/aromatic N) is 6. The summed E-state index contributed by atoms with van der Waals surface area (Å²) >= 11 is 1.70. The number of rotatable bonds is 3. The van der Waals surface area contributed by atoms with Gasteiger partial charge in [0.1, 0.15) is 12.1 Å². The summed E-state index contributed by atoms with van der Waals surface area (Å²) in [4.78, 5) is 16.2. The molecular weight excluding hydrogens is 260 g/mol. The molecule has 6 nitrogen and oxygen atoms in total. The van der Waals surface area contributed by atoms with Gasteiger partial charge in [-0.05, 0) is 6.92 Å². The average molecular weight is 274 g/mol. The normalized spacial score (nSPS) is 11.1. The molecule has 0 N–H and O–H groups in total. The largest absolute Gasteiger partial charge is 0.354 e. The van der Waals surface area contributed by atoms with Gasteiger partial charge in [-0.25, -0.2) is 15.0 Å². The molecule has 0 aliphatic rings. The second-order valence-corrected chi connectivity index (χ2v) is 5.72. The van der Waals surface area contributed by atoms with Crippen LogP contribution in [0.25, 0.3) is 11.0 Å². The first-order valence-electron chi connectivity index (χ1n) is 5.90. The lowest BCUT2D eigenvalue weighted by molar-refractivity contribution is 0.785. The fourth-order valence-electron chi connectivity index (χ4n) is 2.04. The van der Waals surface area contributed by atoms with Crippen LogP contribution in [0.3, 0.4) is 0 Å². The molecule has 0 aliphatic carbocycles. The molecule has 0 amide bonds. The van der Waals surface area contributed by atoms with Crippen molar-refractivity contribution in [2.45, 2.75) is 13.5 Å².